The van der Waals surface area contributed by atoms with Gasteiger partial charge in [-0.15, -0.1) is 0 Å². The Morgan fingerprint density at radius 3 is 2.65 bits per heavy atom. The lowest BCUT2D eigenvalue weighted by atomic mass is 10.2. The first-order chi connectivity index (χ1) is 11.1. The van der Waals surface area contributed by atoms with Crippen LogP contribution in [0, 0.1) is 5.92 Å². The predicted octanol–water partition coefficient (Wildman–Crippen LogP) is -0.363. The molecule has 1 saturated carbocycles. The number of carbonyl (C=O) groups excluding carboxylic acids is 2. The average molecular weight is 316 g/mol. The highest BCUT2D eigenvalue weighted by atomic mass is 16.2. The molecule has 1 aliphatic rings. The van der Waals surface area contributed by atoms with Gasteiger partial charge in [0.05, 0.1) is 10.9 Å². The van der Waals surface area contributed by atoms with E-state index < -0.39 is 17.2 Å². The van der Waals surface area contributed by atoms with Crippen molar-refractivity contribution in [3.05, 3.63) is 45.1 Å². The number of amides is 2. The summed E-state index contributed by atoms with van der Waals surface area (Å²) in [5.41, 5.74) is 4.13. The van der Waals surface area contributed by atoms with E-state index in [-0.39, 0.29) is 24.8 Å². The zero-order chi connectivity index (χ0) is 16.4. The van der Waals surface area contributed by atoms with Crippen LogP contribution >= 0.6 is 0 Å². The highest BCUT2D eigenvalue weighted by Gasteiger charge is 2.29. The average Bonchev–Trinajstić information content (AvgIpc) is 3.37. The number of H-pyrrole nitrogens is 1. The van der Waals surface area contributed by atoms with Crippen LogP contribution in [-0.4, -0.2) is 21.4 Å². The molecule has 0 bridgehead atoms. The maximum absolute atomic E-state index is 11.9. The molecule has 1 aromatic carbocycles. The molecule has 120 valence electrons. The number of hydrogen-bond donors (Lipinski definition) is 3. The van der Waals surface area contributed by atoms with Crippen molar-refractivity contribution >= 4 is 22.7 Å². The molecule has 1 heterocycles. The summed E-state index contributed by atoms with van der Waals surface area (Å²) in [6, 6.07) is 6.68. The zero-order valence-electron chi connectivity index (χ0n) is 12.3. The molecule has 1 aromatic heterocycles. The second-order valence-electron chi connectivity index (χ2n) is 5.49. The number of carbonyl (C=O) groups is 2. The number of nitrogens with one attached hydrogen (secondary N) is 3. The molecule has 0 saturated heterocycles. The molecule has 0 atom stereocenters. The SMILES string of the molecule is O=C(CCn1c(=O)[nH]c(=O)c2ccccc21)NNC(=O)C1CC1. The third kappa shape index (κ3) is 3.31. The Hall–Kier alpha value is -2.90. The van der Waals surface area contributed by atoms with Crippen molar-refractivity contribution in [2.75, 3.05) is 0 Å². The van der Waals surface area contributed by atoms with Crippen LogP contribution < -0.4 is 22.1 Å². The number of rotatable bonds is 4. The van der Waals surface area contributed by atoms with E-state index in [1.165, 1.54) is 4.57 Å². The topological polar surface area (TPSA) is 113 Å². The van der Waals surface area contributed by atoms with Gasteiger partial charge in [-0.2, -0.15) is 0 Å². The summed E-state index contributed by atoms with van der Waals surface area (Å²) in [7, 11) is 0. The van der Waals surface area contributed by atoms with Gasteiger partial charge in [0.2, 0.25) is 11.8 Å². The fourth-order valence-electron chi connectivity index (χ4n) is 2.32. The van der Waals surface area contributed by atoms with Crippen molar-refractivity contribution in [1.82, 2.24) is 20.4 Å². The van der Waals surface area contributed by atoms with Crippen molar-refractivity contribution in [1.29, 1.82) is 0 Å². The third-order valence-corrected chi connectivity index (χ3v) is 3.74. The molecule has 23 heavy (non-hydrogen) atoms. The van der Waals surface area contributed by atoms with Gasteiger partial charge in [0.25, 0.3) is 5.56 Å². The first-order valence-electron chi connectivity index (χ1n) is 7.37. The molecule has 1 aliphatic carbocycles. The van der Waals surface area contributed by atoms with E-state index in [0.717, 1.165) is 12.8 Å². The van der Waals surface area contributed by atoms with Crippen LogP contribution in [0.15, 0.2) is 33.9 Å². The minimum atomic E-state index is -0.566. The molecule has 0 spiro atoms. The fourth-order valence-corrected chi connectivity index (χ4v) is 2.32. The van der Waals surface area contributed by atoms with Gasteiger partial charge in [-0.25, -0.2) is 4.79 Å². The van der Waals surface area contributed by atoms with Crippen LogP contribution in [0.4, 0.5) is 0 Å². The number of hydrazine groups is 1. The number of aromatic amines is 1. The summed E-state index contributed by atoms with van der Waals surface area (Å²) in [6.45, 7) is 0.0985. The van der Waals surface area contributed by atoms with E-state index in [1.807, 2.05) is 0 Å². The van der Waals surface area contributed by atoms with Gasteiger partial charge in [0.1, 0.15) is 0 Å². The number of para-hydroxylation sites is 1. The molecule has 0 aliphatic heterocycles. The van der Waals surface area contributed by atoms with Gasteiger partial charge in [-0.05, 0) is 25.0 Å². The number of aryl methyl sites for hydroxylation is 1. The maximum atomic E-state index is 11.9. The second-order valence-corrected chi connectivity index (χ2v) is 5.49. The van der Waals surface area contributed by atoms with Crippen LogP contribution in [0.1, 0.15) is 19.3 Å². The van der Waals surface area contributed by atoms with Gasteiger partial charge in [-0.1, -0.05) is 12.1 Å². The molecule has 2 amide bonds. The summed E-state index contributed by atoms with van der Waals surface area (Å²) in [6.07, 6.45) is 1.70. The Bertz CT molecular complexity index is 879. The van der Waals surface area contributed by atoms with Gasteiger partial charge in [0.15, 0.2) is 0 Å². The third-order valence-electron chi connectivity index (χ3n) is 3.74. The van der Waals surface area contributed by atoms with E-state index in [0.29, 0.717) is 10.9 Å². The lowest BCUT2D eigenvalue weighted by Gasteiger charge is -2.10. The first kappa shape index (κ1) is 15.0. The zero-order valence-corrected chi connectivity index (χ0v) is 12.3. The number of hydrogen-bond acceptors (Lipinski definition) is 4. The first-order valence-corrected chi connectivity index (χ1v) is 7.37. The van der Waals surface area contributed by atoms with E-state index in [9.17, 15) is 19.2 Å². The van der Waals surface area contributed by atoms with E-state index >= 15 is 0 Å². The Labute approximate surface area is 130 Å². The number of benzene rings is 1. The van der Waals surface area contributed by atoms with E-state index in [1.54, 1.807) is 24.3 Å². The minimum absolute atomic E-state index is 0.000884. The molecule has 3 rings (SSSR count). The summed E-state index contributed by atoms with van der Waals surface area (Å²) >= 11 is 0. The minimum Gasteiger partial charge on any atom is -0.293 e. The molecule has 0 unspecified atom stereocenters. The quantitative estimate of drug-likeness (QED) is 0.668. The van der Waals surface area contributed by atoms with E-state index in [2.05, 4.69) is 15.8 Å². The van der Waals surface area contributed by atoms with Crippen molar-refractivity contribution < 1.29 is 9.59 Å². The Morgan fingerprint density at radius 1 is 1.17 bits per heavy atom. The van der Waals surface area contributed by atoms with E-state index in [4.69, 9.17) is 0 Å². The van der Waals surface area contributed by atoms with Crippen molar-refractivity contribution in [2.45, 2.75) is 25.8 Å². The van der Waals surface area contributed by atoms with Crippen molar-refractivity contribution in [3.8, 4) is 0 Å². The predicted molar refractivity (Wildman–Crippen MR) is 82.5 cm³/mol. The standard InChI is InChI=1S/C15H16N4O4/c20-12(17-18-13(21)9-5-6-9)7-8-19-11-4-2-1-3-10(11)14(22)16-15(19)23/h1-4,9H,5-8H2,(H,17,20)(H,18,21)(H,16,22,23). The number of aromatic nitrogens is 2. The monoisotopic (exact) mass is 316 g/mol. The smallest absolute Gasteiger partial charge is 0.293 e. The highest BCUT2D eigenvalue weighted by molar-refractivity contribution is 5.84. The molecule has 8 nitrogen and oxygen atoms in total. The fraction of sp³-hybridized carbons (Fsp3) is 0.333. The largest absolute Gasteiger partial charge is 0.328 e. The van der Waals surface area contributed by atoms with Crippen LogP contribution in [0.2, 0.25) is 0 Å². The molecule has 8 heteroatoms. The molecule has 2 aromatic rings. The van der Waals surface area contributed by atoms with Gasteiger partial charge >= 0.3 is 5.69 Å². The maximum Gasteiger partial charge on any atom is 0.328 e. The molecular weight excluding hydrogens is 300 g/mol. The molecule has 0 radical (unpaired) electrons. The summed E-state index contributed by atoms with van der Waals surface area (Å²) in [5, 5.41) is 0.384. The molecule has 3 N–H and O–H groups in total. The van der Waals surface area contributed by atoms with Gasteiger partial charge < -0.3 is 0 Å². The molecular formula is C15H16N4O4. The van der Waals surface area contributed by atoms with Crippen LogP contribution in [0.3, 0.4) is 0 Å². The highest BCUT2D eigenvalue weighted by Crippen LogP contribution is 2.28. The number of nitrogens with zero attached hydrogens (tertiary/aromatic N) is 1. The summed E-state index contributed by atoms with van der Waals surface area (Å²) in [4.78, 5) is 49.1. The normalized spacial score (nSPS) is 13.7. The van der Waals surface area contributed by atoms with Crippen LogP contribution in [0.25, 0.3) is 10.9 Å². The van der Waals surface area contributed by atoms with Crippen molar-refractivity contribution in [3.63, 3.8) is 0 Å². The van der Waals surface area contributed by atoms with Crippen molar-refractivity contribution in [2.24, 2.45) is 5.92 Å². The Balaban J connectivity index is 1.69. The van der Waals surface area contributed by atoms with Crippen LogP contribution in [0.5, 0.6) is 0 Å². The summed E-state index contributed by atoms with van der Waals surface area (Å²) < 4.78 is 1.33. The number of fused-ring (bicyclic) bond motifs is 1. The second kappa shape index (κ2) is 6.07. The van der Waals surface area contributed by atoms with Crippen LogP contribution in [-0.2, 0) is 16.1 Å². The Morgan fingerprint density at radius 2 is 1.91 bits per heavy atom. The van der Waals surface area contributed by atoms with Gasteiger partial charge in [-0.3, -0.25) is 34.8 Å². The lowest BCUT2D eigenvalue weighted by Crippen LogP contribution is -2.43. The molecule has 1 fully saturated rings. The Kier molecular flexibility index (Phi) is 3.96. The van der Waals surface area contributed by atoms with Gasteiger partial charge in [0, 0.05) is 18.9 Å². The summed E-state index contributed by atoms with van der Waals surface area (Å²) in [5.74, 6) is -0.591. The lowest BCUT2D eigenvalue weighted by molar-refractivity contribution is -0.129.